The van der Waals surface area contributed by atoms with E-state index in [-0.39, 0.29) is 5.52 Å². The molecule has 32 heavy (non-hydrogen) atoms. The fraction of sp³-hybridized carbons (Fsp3) is 0.571. The van der Waals surface area contributed by atoms with Crippen LogP contribution in [-0.4, -0.2) is 76.0 Å². The number of carbonyl (C=O) groups excluding carboxylic acids is 1. The van der Waals surface area contributed by atoms with Gasteiger partial charge in [0.2, 0.25) is 0 Å². The molecule has 1 aromatic carbocycles. The summed E-state index contributed by atoms with van der Waals surface area (Å²) in [6, 6.07) is 5.35. The van der Waals surface area contributed by atoms with Crippen LogP contribution < -0.4 is 5.69 Å². The Morgan fingerprint density at radius 2 is 1.72 bits per heavy atom. The number of morpholine rings is 1. The lowest BCUT2D eigenvalue weighted by Crippen LogP contribution is -2.44. The Bertz CT molecular complexity index is 1060. The number of hydrogen-bond acceptors (Lipinski definition) is 5. The highest BCUT2D eigenvalue weighted by Gasteiger charge is 2.45. The van der Waals surface area contributed by atoms with E-state index < -0.39 is 35.1 Å². The van der Waals surface area contributed by atoms with Crippen molar-refractivity contribution in [3.63, 3.8) is 0 Å². The molecular formula is C21H27F3N4O4. The molecule has 2 aromatic rings. The van der Waals surface area contributed by atoms with E-state index in [4.69, 9.17) is 4.74 Å². The van der Waals surface area contributed by atoms with Crippen LogP contribution in [-0.2, 0) is 11.3 Å². The van der Waals surface area contributed by atoms with Crippen molar-refractivity contribution in [3.05, 3.63) is 34.7 Å². The van der Waals surface area contributed by atoms with Crippen LogP contribution in [0.15, 0.2) is 34.1 Å². The lowest BCUT2D eigenvalue weighted by Gasteiger charge is -2.26. The van der Waals surface area contributed by atoms with E-state index in [1.54, 1.807) is 18.2 Å². The highest BCUT2D eigenvalue weighted by atomic mass is 19.4. The van der Waals surface area contributed by atoms with Crippen LogP contribution in [0.2, 0.25) is 0 Å². The second-order valence-corrected chi connectivity index (χ2v) is 8.69. The smallest absolute Gasteiger partial charge is 0.379 e. The summed E-state index contributed by atoms with van der Waals surface area (Å²) < 4.78 is 47.0. The average molecular weight is 456 g/mol. The molecule has 11 heteroatoms. The van der Waals surface area contributed by atoms with Crippen LogP contribution >= 0.6 is 0 Å². The number of amides is 1. The second kappa shape index (κ2) is 9.16. The van der Waals surface area contributed by atoms with Crippen molar-refractivity contribution in [2.24, 2.45) is 10.4 Å². The molecule has 1 fully saturated rings. The molecule has 1 N–H and O–H groups in total. The molecule has 1 unspecified atom stereocenters. The monoisotopic (exact) mass is 456 g/mol. The van der Waals surface area contributed by atoms with Gasteiger partial charge in [-0.25, -0.2) is 14.2 Å². The molecule has 0 spiro atoms. The van der Waals surface area contributed by atoms with Gasteiger partial charge in [0.05, 0.1) is 30.0 Å². The number of hydrogen-bond donors (Lipinski definition) is 1. The third kappa shape index (κ3) is 5.11. The summed E-state index contributed by atoms with van der Waals surface area (Å²) in [5.41, 5.74) is -2.00. The zero-order valence-electron chi connectivity index (χ0n) is 18.2. The first kappa shape index (κ1) is 24.1. The topological polar surface area (TPSA) is 89.1 Å². The van der Waals surface area contributed by atoms with Crippen LogP contribution in [0.4, 0.5) is 18.0 Å². The first-order valence-corrected chi connectivity index (χ1v) is 10.3. The van der Waals surface area contributed by atoms with Crippen molar-refractivity contribution in [1.82, 2.24) is 14.0 Å². The first-order valence-electron chi connectivity index (χ1n) is 10.3. The van der Waals surface area contributed by atoms with Crippen LogP contribution in [0.5, 0.6) is 0 Å². The maximum absolute atomic E-state index is 13.2. The molecule has 8 nitrogen and oxygen atoms in total. The molecule has 0 bridgehead atoms. The summed E-state index contributed by atoms with van der Waals surface area (Å²) in [5.74, 6) is 0. The molecule has 1 amide bonds. The van der Waals surface area contributed by atoms with Gasteiger partial charge in [0.25, 0.3) is 0 Å². The molecule has 1 aliphatic heterocycles. The predicted molar refractivity (Wildman–Crippen MR) is 113 cm³/mol. The Morgan fingerprint density at radius 3 is 2.28 bits per heavy atom. The number of imidazole rings is 1. The fourth-order valence-electron chi connectivity index (χ4n) is 3.62. The van der Waals surface area contributed by atoms with Crippen LogP contribution in [0.25, 0.3) is 11.0 Å². The van der Waals surface area contributed by atoms with Gasteiger partial charge in [0, 0.05) is 31.6 Å². The van der Waals surface area contributed by atoms with E-state index in [0.29, 0.717) is 31.8 Å². The number of alkyl halides is 3. The van der Waals surface area contributed by atoms with Crippen LogP contribution in [0.1, 0.15) is 20.8 Å². The molecule has 1 aliphatic rings. The highest BCUT2D eigenvalue weighted by molar-refractivity contribution is 6.03. The third-order valence-electron chi connectivity index (χ3n) is 5.32. The van der Waals surface area contributed by atoms with Crippen LogP contribution in [0.3, 0.4) is 0 Å². The number of fused-ring (bicyclic) bond motifs is 1. The number of halogens is 3. The highest BCUT2D eigenvalue weighted by Crippen LogP contribution is 2.29. The minimum Gasteiger partial charge on any atom is -0.379 e. The van der Waals surface area contributed by atoms with Gasteiger partial charge in [-0.3, -0.25) is 9.47 Å². The van der Waals surface area contributed by atoms with Gasteiger partial charge in [-0.05, 0) is 12.1 Å². The third-order valence-corrected chi connectivity index (χ3v) is 5.32. The Labute approximate surface area is 182 Å². The van der Waals surface area contributed by atoms with Gasteiger partial charge in [0.1, 0.15) is 0 Å². The van der Waals surface area contributed by atoms with Gasteiger partial charge < -0.3 is 9.84 Å². The number of aromatic nitrogens is 2. The zero-order valence-corrected chi connectivity index (χ0v) is 18.2. The number of aliphatic hydroxyl groups excluding tert-OH is 1. The zero-order chi connectivity index (χ0) is 23.7. The summed E-state index contributed by atoms with van der Waals surface area (Å²) in [4.78, 5) is 31.8. The summed E-state index contributed by atoms with van der Waals surface area (Å²) >= 11 is 0. The molecule has 0 aliphatic carbocycles. The molecule has 176 valence electrons. The van der Waals surface area contributed by atoms with Crippen molar-refractivity contribution in [2.45, 2.75) is 39.6 Å². The summed E-state index contributed by atoms with van der Waals surface area (Å²) in [6.45, 7) is 7.70. The molecule has 1 atom stereocenters. The van der Waals surface area contributed by atoms with Crippen LogP contribution in [0, 0.1) is 5.41 Å². The summed E-state index contributed by atoms with van der Waals surface area (Å²) in [6.07, 6.45) is -7.92. The predicted octanol–water partition coefficient (Wildman–Crippen LogP) is 2.51. The van der Waals surface area contributed by atoms with Gasteiger partial charge in [-0.15, -0.1) is 0 Å². The van der Waals surface area contributed by atoms with E-state index in [0.717, 1.165) is 17.7 Å². The van der Waals surface area contributed by atoms with Crippen molar-refractivity contribution >= 4 is 22.8 Å². The fourth-order valence-corrected chi connectivity index (χ4v) is 3.62. The standard InChI is InChI=1S/C21H27F3N4O4/c1-20(2,3)16(17(29)21(22,23)24)25-18(30)28-15-7-5-4-6-14(15)27(19(28)31)9-8-26-10-12-32-13-11-26/h4-7,17,29H,8-13H2,1-3H3. The van der Waals surface area contributed by atoms with E-state index in [1.807, 2.05) is 0 Å². The van der Waals surface area contributed by atoms with E-state index in [2.05, 4.69) is 9.89 Å². The molecular weight excluding hydrogens is 429 g/mol. The van der Waals surface area contributed by atoms with Gasteiger partial charge in [-0.1, -0.05) is 32.9 Å². The van der Waals surface area contributed by atoms with E-state index in [9.17, 15) is 27.9 Å². The normalized spacial score (nSPS) is 17.7. The number of ether oxygens (including phenoxy) is 1. The molecule has 3 rings (SSSR count). The molecule has 1 aromatic heterocycles. The maximum atomic E-state index is 13.2. The second-order valence-electron chi connectivity index (χ2n) is 8.69. The summed E-state index contributed by atoms with van der Waals surface area (Å²) in [5, 5.41) is 9.78. The number of carbonyl (C=O) groups is 1. The number of aliphatic imine (C=N–C) groups is 1. The Hall–Kier alpha value is -2.50. The largest absolute Gasteiger partial charge is 0.419 e. The number of para-hydroxylation sites is 2. The van der Waals surface area contributed by atoms with Gasteiger partial charge in [-0.2, -0.15) is 18.2 Å². The number of benzene rings is 1. The van der Waals surface area contributed by atoms with Crippen molar-refractivity contribution < 1.29 is 27.8 Å². The van der Waals surface area contributed by atoms with E-state index >= 15 is 0 Å². The van der Waals surface area contributed by atoms with Crippen molar-refractivity contribution in [3.8, 4) is 0 Å². The Morgan fingerprint density at radius 1 is 1.12 bits per heavy atom. The van der Waals surface area contributed by atoms with Crippen molar-refractivity contribution in [1.29, 1.82) is 0 Å². The average Bonchev–Trinajstić information content (AvgIpc) is 3.00. The molecule has 0 radical (unpaired) electrons. The Balaban J connectivity index is 2.02. The first-order chi connectivity index (χ1) is 14.9. The van der Waals surface area contributed by atoms with Crippen molar-refractivity contribution in [2.75, 3.05) is 32.8 Å². The number of rotatable bonds is 4. The quantitative estimate of drug-likeness (QED) is 0.715. The minimum atomic E-state index is -5.00. The number of nitrogens with zero attached hydrogens (tertiary/aromatic N) is 4. The SMILES string of the molecule is CC(C)(C)C(=NC(=O)n1c(=O)n(CCN2CCOCC2)c2ccccc21)C(O)C(F)(F)F. The lowest BCUT2D eigenvalue weighted by atomic mass is 9.86. The molecule has 1 saturated heterocycles. The van der Waals surface area contributed by atoms with Gasteiger partial charge in [0.15, 0.2) is 6.10 Å². The number of aliphatic hydroxyl groups is 1. The molecule has 2 heterocycles. The minimum absolute atomic E-state index is 0.239. The maximum Gasteiger partial charge on any atom is 0.419 e. The summed E-state index contributed by atoms with van der Waals surface area (Å²) in [7, 11) is 0. The van der Waals surface area contributed by atoms with Gasteiger partial charge >= 0.3 is 17.9 Å². The lowest BCUT2D eigenvalue weighted by molar-refractivity contribution is -0.182. The Kier molecular flexibility index (Phi) is 6.91. The molecule has 0 saturated carbocycles. The van der Waals surface area contributed by atoms with E-state index in [1.165, 1.54) is 31.4 Å².